The fourth-order valence-corrected chi connectivity index (χ4v) is 5.14. The van der Waals surface area contributed by atoms with Gasteiger partial charge < -0.3 is 5.32 Å². The van der Waals surface area contributed by atoms with E-state index in [2.05, 4.69) is 10.3 Å². The van der Waals surface area contributed by atoms with E-state index >= 15 is 0 Å². The van der Waals surface area contributed by atoms with Crippen LogP contribution in [0.25, 0.3) is 21.0 Å². The molecule has 0 unspecified atom stereocenters. The number of carbonyl (C=O) groups excluding carboxylic acids is 1. The molecule has 4 aromatic rings. The molecule has 140 valence electrons. The van der Waals surface area contributed by atoms with Crippen LogP contribution in [-0.2, 0) is 24.2 Å². The smallest absolute Gasteiger partial charge is 0.262 e. The highest BCUT2D eigenvalue weighted by molar-refractivity contribution is 7.18. The molecule has 0 spiro atoms. The van der Waals surface area contributed by atoms with Crippen molar-refractivity contribution in [1.82, 2.24) is 9.55 Å². The number of benzene rings is 2. The minimum atomic E-state index is -0.234. The summed E-state index contributed by atoms with van der Waals surface area (Å²) in [5.74, 6) is -0.234. The number of carbonyl (C=O) groups is 1. The zero-order valence-corrected chi connectivity index (χ0v) is 16.1. The number of thiophene rings is 1. The molecule has 0 atom stereocenters. The average molecular weight is 389 g/mol. The van der Waals surface area contributed by atoms with Gasteiger partial charge in [-0.3, -0.25) is 14.2 Å². The van der Waals surface area contributed by atoms with Gasteiger partial charge in [0.15, 0.2) is 0 Å². The molecule has 1 aliphatic rings. The molecule has 0 bridgehead atoms. The van der Waals surface area contributed by atoms with Gasteiger partial charge in [-0.05, 0) is 54.2 Å². The Kier molecular flexibility index (Phi) is 4.20. The summed E-state index contributed by atoms with van der Waals surface area (Å²) >= 11 is 1.62. The van der Waals surface area contributed by atoms with Gasteiger partial charge in [-0.15, -0.1) is 11.3 Å². The highest BCUT2D eigenvalue weighted by Gasteiger charge is 2.20. The van der Waals surface area contributed by atoms with Gasteiger partial charge in [0.05, 0.1) is 11.7 Å². The van der Waals surface area contributed by atoms with Gasteiger partial charge in [-0.2, -0.15) is 0 Å². The molecule has 1 amide bonds. The fourth-order valence-electron chi connectivity index (χ4n) is 3.92. The number of hydrogen-bond acceptors (Lipinski definition) is 4. The van der Waals surface area contributed by atoms with Gasteiger partial charge in [0, 0.05) is 10.6 Å². The molecule has 1 N–H and O–H groups in total. The van der Waals surface area contributed by atoms with Gasteiger partial charge in [0.25, 0.3) is 5.56 Å². The molecule has 5 rings (SSSR count). The molecular weight excluding hydrogens is 370 g/mol. The summed E-state index contributed by atoms with van der Waals surface area (Å²) < 4.78 is 1.42. The summed E-state index contributed by atoms with van der Waals surface area (Å²) in [7, 11) is 0. The minimum Gasteiger partial charge on any atom is -0.325 e. The molecule has 2 heterocycles. The third kappa shape index (κ3) is 2.99. The van der Waals surface area contributed by atoms with Crippen LogP contribution in [0, 0.1) is 0 Å². The van der Waals surface area contributed by atoms with Crippen molar-refractivity contribution in [2.24, 2.45) is 0 Å². The molecule has 0 radical (unpaired) electrons. The monoisotopic (exact) mass is 389 g/mol. The minimum absolute atomic E-state index is 0.0424. The van der Waals surface area contributed by atoms with Gasteiger partial charge in [0.1, 0.15) is 11.4 Å². The number of nitrogens with zero attached hydrogens (tertiary/aromatic N) is 2. The first-order valence-corrected chi connectivity index (χ1v) is 10.3. The first-order valence-electron chi connectivity index (χ1n) is 9.47. The van der Waals surface area contributed by atoms with Crippen LogP contribution in [0.4, 0.5) is 5.69 Å². The Labute approximate surface area is 165 Å². The van der Waals surface area contributed by atoms with Gasteiger partial charge in [0.2, 0.25) is 5.91 Å². The number of nitrogens with one attached hydrogen (secondary N) is 1. The largest absolute Gasteiger partial charge is 0.325 e. The molecule has 5 nitrogen and oxygen atoms in total. The molecule has 2 aromatic heterocycles. The van der Waals surface area contributed by atoms with E-state index in [0.717, 1.165) is 46.1 Å². The number of amides is 1. The summed E-state index contributed by atoms with van der Waals surface area (Å²) in [5, 5.41) is 5.78. The van der Waals surface area contributed by atoms with Gasteiger partial charge in [-0.25, -0.2) is 4.98 Å². The van der Waals surface area contributed by atoms with Crippen LogP contribution in [0.15, 0.2) is 53.6 Å². The van der Waals surface area contributed by atoms with Crippen molar-refractivity contribution in [3.05, 3.63) is 69.6 Å². The van der Waals surface area contributed by atoms with E-state index in [1.807, 2.05) is 42.5 Å². The predicted molar refractivity (Wildman–Crippen MR) is 113 cm³/mol. The summed E-state index contributed by atoms with van der Waals surface area (Å²) in [5.41, 5.74) is 1.75. The SMILES string of the molecule is O=C(Cn1cnc2sc3c(c2c1=O)CCCC3)Nc1ccc2ccccc2c1. The zero-order valence-electron chi connectivity index (χ0n) is 15.3. The lowest BCUT2D eigenvalue weighted by molar-refractivity contribution is -0.116. The van der Waals surface area contributed by atoms with Crippen molar-refractivity contribution in [2.75, 3.05) is 5.32 Å². The molecule has 0 aliphatic heterocycles. The second-order valence-corrected chi connectivity index (χ2v) is 8.26. The van der Waals surface area contributed by atoms with E-state index in [4.69, 9.17) is 0 Å². The maximum absolute atomic E-state index is 13.0. The van der Waals surface area contributed by atoms with Crippen LogP contribution in [0.1, 0.15) is 23.3 Å². The van der Waals surface area contributed by atoms with Crippen LogP contribution < -0.4 is 10.9 Å². The van der Waals surface area contributed by atoms with Gasteiger partial charge in [-0.1, -0.05) is 30.3 Å². The Morgan fingerprint density at radius 1 is 1.11 bits per heavy atom. The lowest BCUT2D eigenvalue weighted by atomic mass is 9.97. The number of hydrogen-bond donors (Lipinski definition) is 1. The summed E-state index contributed by atoms with van der Waals surface area (Å²) in [4.78, 5) is 32.0. The van der Waals surface area contributed by atoms with E-state index in [0.29, 0.717) is 5.39 Å². The maximum atomic E-state index is 13.0. The summed E-state index contributed by atoms with van der Waals surface area (Å²) in [6.45, 7) is -0.0424. The van der Waals surface area contributed by atoms with Crippen molar-refractivity contribution >= 4 is 43.9 Å². The predicted octanol–water partition coefficient (Wildman–Crippen LogP) is 4.13. The van der Waals surface area contributed by atoms with E-state index < -0.39 is 0 Å². The Balaban J connectivity index is 1.42. The Morgan fingerprint density at radius 2 is 1.93 bits per heavy atom. The van der Waals surface area contributed by atoms with Gasteiger partial charge >= 0.3 is 0 Å². The molecule has 0 fully saturated rings. The van der Waals surface area contributed by atoms with Crippen molar-refractivity contribution < 1.29 is 4.79 Å². The third-order valence-electron chi connectivity index (χ3n) is 5.29. The van der Waals surface area contributed by atoms with Crippen molar-refractivity contribution in [3.8, 4) is 0 Å². The zero-order chi connectivity index (χ0) is 19.1. The fraction of sp³-hybridized carbons (Fsp3) is 0.227. The topological polar surface area (TPSA) is 64.0 Å². The molecule has 0 saturated carbocycles. The van der Waals surface area contributed by atoms with Crippen LogP contribution in [0.3, 0.4) is 0 Å². The quantitative estimate of drug-likeness (QED) is 0.573. The molecular formula is C22H19N3O2S. The van der Waals surface area contributed by atoms with E-state index in [-0.39, 0.29) is 18.0 Å². The maximum Gasteiger partial charge on any atom is 0.262 e. The molecule has 2 aromatic carbocycles. The first-order chi connectivity index (χ1) is 13.7. The van der Waals surface area contributed by atoms with E-state index in [9.17, 15) is 9.59 Å². The molecule has 0 saturated heterocycles. The third-order valence-corrected chi connectivity index (χ3v) is 6.49. The van der Waals surface area contributed by atoms with Crippen molar-refractivity contribution in [3.63, 3.8) is 0 Å². The second kappa shape index (κ2) is 6.87. The van der Waals surface area contributed by atoms with Crippen LogP contribution >= 0.6 is 11.3 Å². The van der Waals surface area contributed by atoms with Crippen LogP contribution in [0.2, 0.25) is 0 Å². The van der Waals surface area contributed by atoms with Crippen LogP contribution in [-0.4, -0.2) is 15.5 Å². The number of fused-ring (bicyclic) bond motifs is 4. The molecule has 28 heavy (non-hydrogen) atoms. The second-order valence-electron chi connectivity index (χ2n) is 7.18. The normalized spacial score (nSPS) is 13.6. The Hall–Kier alpha value is -2.99. The Morgan fingerprint density at radius 3 is 2.82 bits per heavy atom. The average Bonchev–Trinajstić information content (AvgIpc) is 3.09. The summed E-state index contributed by atoms with van der Waals surface area (Å²) in [6.07, 6.45) is 5.72. The van der Waals surface area contributed by atoms with Crippen molar-refractivity contribution in [1.29, 1.82) is 0 Å². The standard InChI is InChI=1S/C22H19N3O2S/c26-19(24-16-10-9-14-5-1-2-6-15(14)11-16)12-25-13-23-21-20(22(25)27)17-7-3-4-8-18(17)28-21/h1-2,5-6,9-11,13H,3-4,7-8,12H2,(H,24,26). The molecule has 6 heteroatoms. The lowest BCUT2D eigenvalue weighted by Crippen LogP contribution is -2.28. The van der Waals surface area contributed by atoms with E-state index in [1.165, 1.54) is 22.2 Å². The highest BCUT2D eigenvalue weighted by Crippen LogP contribution is 2.33. The lowest BCUT2D eigenvalue weighted by Gasteiger charge is -2.11. The first kappa shape index (κ1) is 17.1. The number of aromatic nitrogens is 2. The number of aryl methyl sites for hydroxylation is 2. The summed E-state index contributed by atoms with van der Waals surface area (Å²) in [6, 6.07) is 13.8. The number of rotatable bonds is 3. The number of anilines is 1. The Bertz CT molecular complexity index is 1270. The van der Waals surface area contributed by atoms with Crippen LogP contribution in [0.5, 0.6) is 0 Å². The highest BCUT2D eigenvalue weighted by atomic mass is 32.1. The van der Waals surface area contributed by atoms with Crippen molar-refractivity contribution in [2.45, 2.75) is 32.2 Å². The molecule has 1 aliphatic carbocycles. The van der Waals surface area contributed by atoms with E-state index in [1.54, 1.807) is 11.3 Å².